The average Bonchev–Trinajstić information content (AvgIpc) is 3.02. The smallest absolute Gasteiger partial charge is 0.315 e. The molecule has 3 aromatic rings. The van der Waals surface area contributed by atoms with Crippen molar-refractivity contribution in [1.82, 2.24) is 25.2 Å². The summed E-state index contributed by atoms with van der Waals surface area (Å²) in [6.45, 7) is 1.72. The lowest BCUT2D eigenvalue weighted by atomic mass is 9.96. The monoisotopic (exact) mass is 343 g/mol. The summed E-state index contributed by atoms with van der Waals surface area (Å²) in [7, 11) is 0. The van der Waals surface area contributed by atoms with Gasteiger partial charge in [-0.25, -0.2) is 9.18 Å². The highest BCUT2D eigenvalue weighted by Gasteiger charge is 2.23. The number of nitrogens with zero attached hydrogens (tertiary/aromatic N) is 3. The molecule has 0 radical (unpaired) electrons. The minimum atomic E-state index is -1.31. The summed E-state index contributed by atoms with van der Waals surface area (Å²) in [4.78, 5) is 12.0. The van der Waals surface area contributed by atoms with E-state index in [0.29, 0.717) is 17.0 Å². The highest BCUT2D eigenvalue weighted by Crippen LogP contribution is 2.19. The molecular formula is C17H18FN5O2. The Morgan fingerprint density at radius 1 is 1.20 bits per heavy atom. The van der Waals surface area contributed by atoms with Crippen LogP contribution in [0, 0.1) is 5.82 Å². The topological polar surface area (TPSA) is 91.5 Å². The van der Waals surface area contributed by atoms with Crippen LogP contribution in [0.4, 0.5) is 9.18 Å². The molecule has 3 rings (SSSR count). The summed E-state index contributed by atoms with van der Waals surface area (Å²) in [6.07, 6.45) is 1.81. The molecule has 0 aliphatic heterocycles. The van der Waals surface area contributed by atoms with Gasteiger partial charge in [0.2, 0.25) is 0 Å². The van der Waals surface area contributed by atoms with Crippen molar-refractivity contribution in [1.29, 1.82) is 0 Å². The van der Waals surface area contributed by atoms with Crippen LogP contribution < -0.4 is 10.6 Å². The predicted octanol–water partition coefficient (Wildman–Crippen LogP) is 1.58. The molecule has 0 bridgehead atoms. The van der Waals surface area contributed by atoms with Crippen molar-refractivity contribution >= 4 is 11.7 Å². The van der Waals surface area contributed by atoms with Gasteiger partial charge in [0.1, 0.15) is 11.4 Å². The van der Waals surface area contributed by atoms with Gasteiger partial charge in [0.05, 0.1) is 13.1 Å². The number of carbonyl (C=O) groups is 1. The quantitative estimate of drug-likeness (QED) is 0.656. The first kappa shape index (κ1) is 16.8. The first-order valence-corrected chi connectivity index (χ1v) is 7.74. The molecule has 8 heteroatoms. The third-order valence-corrected chi connectivity index (χ3v) is 3.85. The van der Waals surface area contributed by atoms with E-state index < -0.39 is 11.6 Å². The Morgan fingerprint density at radius 2 is 1.96 bits per heavy atom. The molecule has 0 saturated heterocycles. The van der Waals surface area contributed by atoms with Crippen LogP contribution in [0.15, 0.2) is 48.7 Å². The zero-order valence-electron chi connectivity index (χ0n) is 13.6. The van der Waals surface area contributed by atoms with Gasteiger partial charge < -0.3 is 15.7 Å². The maximum atomic E-state index is 13.0. The van der Waals surface area contributed by atoms with E-state index in [1.54, 1.807) is 11.3 Å². The summed E-state index contributed by atoms with van der Waals surface area (Å²) in [5.41, 5.74) is -0.108. The van der Waals surface area contributed by atoms with Gasteiger partial charge in [-0.2, -0.15) is 0 Å². The number of hydrogen-bond acceptors (Lipinski definition) is 4. The Bertz CT molecular complexity index is 876. The molecule has 3 N–H and O–H groups in total. The second-order valence-corrected chi connectivity index (χ2v) is 5.86. The SMILES string of the molecule is CC(O)(CNC(=O)NCc1nnc2ccccn12)c1ccc(F)cc1. The van der Waals surface area contributed by atoms with E-state index in [1.807, 2.05) is 24.4 Å². The number of nitrogens with one attached hydrogen (secondary N) is 2. The number of carbonyl (C=O) groups excluding carboxylic acids is 1. The molecule has 2 amide bonds. The Morgan fingerprint density at radius 3 is 2.72 bits per heavy atom. The van der Waals surface area contributed by atoms with Crippen LogP contribution in [0.5, 0.6) is 0 Å². The first-order valence-electron chi connectivity index (χ1n) is 7.74. The highest BCUT2D eigenvalue weighted by molar-refractivity contribution is 5.73. The third-order valence-electron chi connectivity index (χ3n) is 3.85. The Hall–Kier alpha value is -3.00. The van der Waals surface area contributed by atoms with Crippen LogP contribution in [-0.2, 0) is 12.1 Å². The number of amides is 2. The molecule has 1 aromatic carbocycles. The number of hydrogen-bond donors (Lipinski definition) is 3. The maximum Gasteiger partial charge on any atom is 0.315 e. The molecule has 130 valence electrons. The lowest BCUT2D eigenvalue weighted by Gasteiger charge is -2.24. The minimum Gasteiger partial charge on any atom is -0.384 e. The molecule has 0 aliphatic carbocycles. The van der Waals surface area contributed by atoms with Gasteiger partial charge in [0.15, 0.2) is 11.5 Å². The molecule has 0 spiro atoms. The standard InChI is InChI=1S/C17H18FN5O2/c1-17(25,12-5-7-13(18)8-6-12)11-20-16(24)19-10-15-22-21-14-4-2-3-9-23(14)15/h2-9,25H,10-11H2,1H3,(H2,19,20,24). The Labute approximate surface area is 143 Å². The van der Waals surface area contributed by atoms with Gasteiger partial charge in [-0.3, -0.25) is 4.40 Å². The third kappa shape index (κ3) is 3.92. The molecule has 2 heterocycles. The van der Waals surface area contributed by atoms with E-state index in [9.17, 15) is 14.3 Å². The number of fused-ring (bicyclic) bond motifs is 1. The van der Waals surface area contributed by atoms with Crippen LogP contribution in [0.25, 0.3) is 5.65 Å². The molecular weight excluding hydrogens is 325 g/mol. The van der Waals surface area contributed by atoms with E-state index in [4.69, 9.17) is 0 Å². The normalized spacial score (nSPS) is 13.4. The number of aliphatic hydroxyl groups is 1. The molecule has 1 atom stereocenters. The second kappa shape index (κ2) is 6.86. The summed E-state index contributed by atoms with van der Waals surface area (Å²) in [6, 6.07) is 10.6. The van der Waals surface area contributed by atoms with E-state index in [-0.39, 0.29) is 18.9 Å². The van der Waals surface area contributed by atoms with Crippen molar-refractivity contribution in [2.75, 3.05) is 6.54 Å². The number of benzene rings is 1. The molecule has 0 saturated carbocycles. The van der Waals surface area contributed by atoms with Crippen molar-refractivity contribution in [2.24, 2.45) is 0 Å². The fraction of sp³-hybridized carbons (Fsp3) is 0.235. The average molecular weight is 343 g/mol. The van der Waals surface area contributed by atoms with Crippen LogP contribution in [-0.4, -0.2) is 32.3 Å². The molecule has 25 heavy (non-hydrogen) atoms. The number of halogens is 1. The number of aromatic nitrogens is 3. The molecule has 1 unspecified atom stereocenters. The summed E-state index contributed by atoms with van der Waals surface area (Å²) in [5, 5.41) is 23.7. The Kier molecular flexibility index (Phi) is 4.62. The molecule has 0 fully saturated rings. The highest BCUT2D eigenvalue weighted by atomic mass is 19.1. The van der Waals surface area contributed by atoms with Crippen LogP contribution in [0.1, 0.15) is 18.3 Å². The lowest BCUT2D eigenvalue weighted by molar-refractivity contribution is 0.0593. The number of urea groups is 1. The van der Waals surface area contributed by atoms with Crippen molar-refractivity contribution < 1.29 is 14.3 Å². The Balaban J connectivity index is 1.55. The van der Waals surface area contributed by atoms with Crippen molar-refractivity contribution in [3.05, 3.63) is 65.9 Å². The van der Waals surface area contributed by atoms with Gasteiger partial charge in [-0.15, -0.1) is 10.2 Å². The van der Waals surface area contributed by atoms with Crippen molar-refractivity contribution in [3.8, 4) is 0 Å². The van der Waals surface area contributed by atoms with Gasteiger partial charge in [0, 0.05) is 6.20 Å². The van der Waals surface area contributed by atoms with E-state index in [0.717, 1.165) is 0 Å². The van der Waals surface area contributed by atoms with E-state index in [1.165, 1.54) is 24.3 Å². The minimum absolute atomic E-state index is 0.0228. The summed E-state index contributed by atoms with van der Waals surface area (Å²) in [5.74, 6) is 0.210. The maximum absolute atomic E-state index is 13.0. The summed E-state index contributed by atoms with van der Waals surface area (Å²) >= 11 is 0. The van der Waals surface area contributed by atoms with E-state index in [2.05, 4.69) is 20.8 Å². The van der Waals surface area contributed by atoms with Gasteiger partial charge in [-0.1, -0.05) is 18.2 Å². The van der Waals surface area contributed by atoms with Gasteiger partial charge >= 0.3 is 6.03 Å². The van der Waals surface area contributed by atoms with Crippen molar-refractivity contribution in [2.45, 2.75) is 19.1 Å². The number of pyridine rings is 1. The van der Waals surface area contributed by atoms with Gasteiger partial charge in [0.25, 0.3) is 0 Å². The van der Waals surface area contributed by atoms with Crippen LogP contribution >= 0.6 is 0 Å². The van der Waals surface area contributed by atoms with E-state index >= 15 is 0 Å². The lowest BCUT2D eigenvalue weighted by Crippen LogP contribution is -2.43. The van der Waals surface area contributed by atoms with Crippen molar-refractivity contribution in [3.63, 3.8) is 0 Å². The zero-order chi connectivity index (χ0) is 17.9. The van der Waals surface area contributed by atoms with Gasteiger partial charge in [-0.05, 0) is 36.8 Å². The fourth-order valence-electron chi connectivity index (χ4n) is 2.40. The molecule has 2 aromatic heterocycles. The predicted molar refractivity (Wildman–Crippen MR) is 89.2 cm³/mol. The zero-order valence-corrected chi connectivity index (χ0v) is 13.6. The van der Waals surface area contributed by atoms with Crippen LogP contribution in [0.3, 0.4) is 0 Å². The van der Waals surface area contributed by atoms with Crippen LogP contribution in [0.2, 0.25) is 0 Å². The number of rotatable bonds is 5. The fourth-order valence-corrected chi connectivity index (χ4v) is 2.40. The second-order valence-electron chi connectivity index (χ2n) is 5.86. The molecule has 0 aliphatic rings. The molecule has 7 nitrogen and oxygen atoms in total. The first-order chi connectivity index (χ1) is 12.0. The summed E-state index contributed by atoms with van der Waals surface area (Å²) < 4.78 is 14.7. The largest absolute Gasteiger partial charge is 0.384 e.